The molecule has 1 unspecified atom stereocenters. The molecule has 0 aliphatic heterocycles. The van der Waals surface area contributed by atoms with Crippen molar-refractivity contribution < 1.29 is 9.90 Å². The minimum Gasteiger partial charge on any atom is -0.481 e. The third-order valence-electron chi connectivity index (χ3n) is 2.25. The molecule has 0 radical (unpaired) electrons. The molecule has 1 atom stereocenters. The lowest BCUT2D eigenvalue weighted by Gasteiger charge is -1.98. The maximum Gasteiger partial charge on any atom is 0.312 e. The number of carbonyl (C=O) groups is 1. The predicted molar refractivity (Wildman–Crippen MR) is 56.3 cm³/mol. The number of aliphatic carboxylic acids is 1. The Morgan fingerprint density at radius 1 is 1.67 bits per heavy atom. The summed E-state index contributed by atoms with van der Waals surface area (Å²) < 4.78 is 1.75. The van der Waals surface area contributed by atoms with Crippen molar-refractivity contribution in [2.45, 2.75) is 12.8 Å². The summed E-state index contributed by atoms with van der Waals surface area (Å²) in [6.07, 6.45) is 3.45. The van der Waals surface area contributed by atoms with Crippen LogP contribution in [0.25, 0.3) is 5.65 Å². The van der Waals surface area contributed by atoms with Crippen LogP contribution >= 0.6 is 11.6 Å². The van der Waals surface area contributed by atoms with E-state index in [0.717, 1.165) is 0 Å². The first kappa shape index (κ1) is 9.98. The fourth-order valence-electron chi connectivity index (χ4n) is 1.31. The maximum atomic E-state index is 10.8. The number of carboxylic acid groups (broad SMARTS) is 1. The van der Waals surface area contributed by atoms with Gasteiger partial charge in [-0.25, -0.2) is 4.98 Å². The van der Waals surface area contributed by atoms with Crippen LogP contribution in [0.4, 0.5) is 0 Å². The zero-order chi connectivity index (χ0) is 11.0. The van der Waals surface area contributed by atoms with Crippen LogP contribution < -0.4 is 0 Å². The van der Waals surface area contributed by atoms with Crippen molar-refractivity contribution in [3.63, 3.8) is 0 Å². The first-order chi connectivity index (χ1) is 7.08. The molecule has 2 aromatic heterocycles. The highest BCUT2D eigenvalue weighted by atomic mass is 35.5. The number of aromatic nitrogens is 2. The Labute approximate surface area is 91.1 Å². The predicted octanol–water partition coefficient (Wildman–Crippen LogP) is 2.18. The number of imidazole rings is 1. The van der Waals surface area contributed by atoms with Crippen molar-refractivity contribution in [1.82, 2.24) is 9.38 Å². The molecule has 0 aromatic carbocycles. The molecule has 0 bridgehead atoms. The average Bonchev–Trinajstić information content (AvgIpc) is 2.58. The van der Waals surface area contributed by atoms with E-state index in [4.69, 9.17) is 16.7 Å². The highest BCUT2D eigenvalue weighted by Crippen LogP contribution is 2.17. The Hall–Kier alpha value is -1.55. The molecular formula is C10H9ClN2O2. The lowest BCUT2D eigenvalue weighted by atomic mass is 10.1. The molecule has 4 nitrogen and oxygen atoms in total. The molecule has 78 valence electrons. The van der Waals surface area contributed by atoms with Crippen molar-refractivity contribution in [3.8, 4) is 0 Å². The van der Waals surface area contributed by atoms with Gasteiger partial charge in [0.25, 0.3) is 0 Å². The lowest BCUT2D eigenvalue weighted by molar-refractivity contribution is -0.138. The van der Waals surface area contributed by atoms with Gasteiger partial charge in [0.15, 0.2) is 0 Å². The van der Waals surface area contributed by atoms with Crippen LogP contribution in [0.15, 0.2) is 24.5 Å². The molecule has 0 saturated carbocycles. The summed E-state index contributed by atoms with van der Waals surface area (Å²) in [5, 5.41) is 9.43. The van der Waals surface area contributed by atoms with Gasteiger partial charge in [0.1, 0.15) is 5.65 Å². The van der Waals surface area contributed by atoms with E-state index in [9.17, 15) is 4.79 Å². The quantitative estimate of drug-likeness (QED) is 0.851. The second-order valence-electron chi connectivity index (χ2n) is 3.34. The zero-order valence-corrected chi connectivity index (χ0v) is 8.77. The van der Waals surface area contributed by atoms with Crippen molar-refractivity contribution in [2.24, 2.45) is 0 Å². The van der Waals surface area contributed by atoms with E-state index >= 15 is 0 Å². The lowest BCUT2D eigenvalue weighted by Crippen LogP contribution is -2.07. The van der Waals surface area contributed by atoms with Crippen LogP contribution in [0, 0.1) is 0 Å². The number of hydrogen-bond acceptors (Lipinski definition) is 2. The maximum absolute atomic E-state index is 10.8. The molecule has 15 heavy (non-hydrogen) atoms. The fourth-order valence-corrected chi connectivity index (χ4v) is 1.47. The summed E-state index contributed by atoms with van der Waals surface area (Å²) >= 11 is 5.80. The second kappa shape index (κ2) is 3.55. The Morgan fingerprint density at radius 3 is 3.07 bits per heavy atom. The minimum absolute atomic E-state index is 0.532. The molecule has 0 aliphatic carbocycles. The topological polar surface area (TPSA) is 54.6 Å². The fraction of sp³-hybridized carbons (Fsp3) is 0.200. The molecule has 2 heterocycles. The van der Waals surface area contributed by atoms with E-state index in [1.54, 1.807) is 35.9 Å². The van der Waals surface area contributed by atoms with Gasteiger partial charge >= 0.3 is 5.97 Å². The van der Waals surface area contributed by atoms with Gasteiger partial charge in [-0.15, -0.1) is 0 Å². The van der Waals surface area contributed by atoms with E-state index in [0.29, 0.717) is 16.4 Å². The molecule has 0 spiro atoms. The van der Waals surface area contributed by atoms with Crippen molar-refractivity contribution in [1.29, 1.82) is 0 Å². The standard InChI is InChI=1S/C10H9ClN2O2/c1-6(10(14)15)8-5-13-3-2-7(11)4-9(13)12-8/h2-6H,1H3,(H,14,15). The number of carboxylic acids is 1. The summed E-state index contributed by atoms with van der Waals surface area (Å²) in [5.74, 6) is -1.49. The van der Waals surface area contributed by atoms with Crippen molar-refractivity contribution in [3.05, 3.63) is 35.2 Å². The number of halogens is 1. The van der Waals surface area contributed by atoms with E-state index in [1.165, 1.54) is 0 Å². The van der Waals surface area contributed by atoms with Crippen LogP contribution in [0.1, 0.15) is 18.5 Å². The molecule has 0 saturated heterocycles. The van der Waals surface area contributed by atoms with Gasteiger partial charge in [-0.1, -0.05) is 11.6 Å². The Kier molecular flexibility index (Phi) is 2.36. The molecular weight excluding hydrogens is 216 g/mol. The Morgan fingerprint density at radius 2 is 2.40 bits per heavy atom. The van der Waals surface area contributed by atoms with E-state index < -0.39 is 11.9 Å². The van der Waals surface area contributed by atoms with Gasteiger partial charge in [0.05, 0.1) is 11.6 Å². The first-order valence-electron chi connectivity index (χ1n) is 4.45. The largest absolute Gasteiger partial charge is 0.481 e. The number of rotatable bonds is 2. The molecule has 5 heteroatoms. The summed E-state index contributed by atoms with van der Waals surface area (Å²) in [6.45, 7) is 1.60. The highest BCUT2D eigenvalue weighted by molar-refractivity contribution is 6.30. The average molecular weight is 225 g/mol. The number of nitrogens with zero attached hydrogens (tertiary/aromatic N) is 2. The van der Waals surface area contributed by atoms with Crippen molar-refractivity contribution in [2.75, 3.05) is 0 Å². The van der Waals surface area contributed by atoms with Gasteiger partial charge in [-0.05, 0) is 19.1 Å². The van der Waals surface area contributed by atoms with Gasteiger partial charge in [-0.3, -0.25) is 4.79 Å². The molecule has 2 aromatic rings. The number of pyridine rings is 1. The SMILES string of the molecule is CC(C(=O)O)c1cn2ccc(Cl)cc2n1. The molecule has 0 amide bonds. The normalized spacial score (nSPS) is 12.9. The highest BCUT2D eigenvalue weighted by Gasteiger charge is 2.16. The Bertz CT molecular complexity index is 521. The van der Waals surface area contributed by atoms with Crippen LogP contribution in [-0.4, -0.2) is 20.5 Å². The van der Waals surface area contributed by atoms with E-state index in [1.807, 2.05) is 0 Å². The smallest absolute Gasteiger partial charge is 0.312 e. The summed E-state index contributed by atoms with van der Waals surface area (Å²) in [7, 11) is 0. The summed E-state index contributed by atoms with van der Waals surface area (Å²) in [4.78, 5) is 15.0. The van der Waals surface area contributed by atoms with Crippen LogP contribution in [0.3, 0.4) is 0 Å². The van der Waals surface area contributed by atoms with Gasteiger partial charge in [-0.2, -0.15) is 0 Å². The third kappa shape index (κ3) is 1.80. The van der Waals surface area contributed by atoms with Crippen LogP contribution in [-0.2, 0) is 4.79 Å². The molecule has 0 aliphatic rings. The summed E-state index contributed by atoms with van der Waals surface area (Å²) in [6, 6.07) is 3.42. The minimum atomic E-state index is -0.885. The number of hydrogen-bond donors (Lipinski definition) is 1. The van der Waals surface area contributed by atoms with E-state index in [2.05, 4.69) is 4.98 Å². The molecule has 0 fully saturated rings. The monoisotopic (exact) mass is 224 g/mol. The van der Waals surface area contributed by atoms with Crippen LogP contribution in [0.5, 0.6) is 0 Å². The second-order valence-corrected chi connectivity index (χ2v) is 3.77. The van der Waals surface area contributed by atoms with E-state index in [-0.39, 0.29) is 0 Å². The zero-order valence-electron chi connectivity index (χ0n) is 8.01. The van der Waals surface area contributed by atoms with Gasteiger partial charge in [0.2, 0.25) is 0 Å². The summed E-state index contributed by atoms with van der Waals surface area (Å²) in [5.41, 5.74) is 1.19. The third-order valence-corrected chi connectivity index (χ3v) is 2.49. The van der Waals surface area contributed by atoms with Crippen LogP contribution in [0.2, 0.25) is 5.02 Å². The van der Waals surface area contributed by atoms with Gasteiger partial charge < -0.3 is 9.51 Å². The number of fused-ring (bicyclic) bond motifs is 1. The van der Waals surface area contributed by atoms with Crippen molar-refractivity contribution >= 4 is 23.2 Å². The first-order valence-corrected chi connectivity index (χ1v) is 4.82. The Balaban J connectivity index is 2.51. The molecule has 1 N–H and O–H groups in total. The molecule has 2 rings (SSSR count). The van der Waals surface area contributed by atoms with Gasteiger partial charge in [0, 0.05) is 17.4 Å².